The summed E-state index contributed by atoms with van der Waals surface area (Å²) in [6.45, 7) is 0.225. The number of amidine groups is 1. The average molecular weight is 422 g/mol. The van der Waals surface area contributed by atoms with Crippen LogP contribution in [0.15, 0.2) is 34.2 Å². The first-order valence-corrected chi connectivity index (χ1v) is 11.5. The molecule has 0 aromatic heterocycles. The largest absolute Gasteiger partial charge is 0.456 e. The van der Waals surface area contributed by atoms with Crippen molar-refractivity contribution >= 4 is 33.4 Å². The van der Waals surface area contributed by atoms with E-state index in [-0.39, 0.29) is 10.9 Å². The average Bonchev–Trinajstić information content (AvgIpc) is 3.39. The molecule has 2 aliphatic rings. The summed E-state index contributed by atoms with van der Waals surface area (Å²) < 4.78 is 32.4. The molecule has 1 fully saturated rings. The van der Waals surface area contributed by atoms with E-state index >= 15 is 0 Å². The highest BCUT2D eigenvalue weighted by Gasteiger charge is 2.19. The van der Waals surface area contributed by atoms with Gasteiger partial charge in [0, 0.05) is 25.1 Å². The van der Waals surface area contributed by atoms with Crippen LogP contribution >= 0.6 is 0 Å². The fourth-order valence-electron chi connectivity index (χ4n) is 3.61. The van der Waals surface area contributed by atoms with E-state index in [4.69, 9.17) is 4.74 Å². The van der Waals surface area contributed by atoms with Crippen LogP contribution in [0, 0.1) is 5.92 Å². The van der Waals surface area contributed by atoms with E-state index in [1.54, 1.807) is 6.07 Å². The van der Waals surface area contributed by atoms with Crippen LogP contribution in [0.3, 0.4) is 0 Å². The molecule has 0 saturated heterocycles. The molecule has 1 aromatic rings. The Morgan fingerprint density at radius 2 is 1.97 bits per heavy atom. The summed E-state index contributed by atoms with van der Waals surface area (Å²) in [6.07, 6.45) is 7.32. The normalized spacial score (nSPS) is 17.0. The highest BCUT2D eigenvalue weighted by Crippen LogP contribution is 2.28. The molecule has 1 amide bonds. The summed E-state index contributed by atoms with van der Waals surface area (Å²) in [7, 11) is -3.76. The van der Waals surface area contributed by atoms with Gasteiger partial charge < -0.3 is 10.1 Å². The minimum absolute atomic E-state index is 0.0264. The first kappa shape index (κ1) is 21.3. The van der Waals surface area contributed by atoms with Gasteiger partial charge in [0.2, 0.25) is 0 Å². The lowest BCUT2D eigenvalue weighted by Crippen LogP contribution is -2.29. The van der Waals surface area contributed by atoms with Crippen molar-refractivity contribution in [3.05, 3.63) is 24.3 Å². The maximum Gasteiger partial charge on any atom is 0.306 e. The van der Waals surface area contributed by atoms with E-state index in [1.807, 2.05) is 0 Å². The van der Waals surface area contributed by atoms with E-state index in [2.05, 4.69) is 15.0 Å². The number of ether oxygens (including phenoxy) is 1. The van der Waals surface area contributed by atoms with Crippen LogP contribution in [0.2, 0.25) is 0 Å². The minimum Gasteiger partial charge on any atom is -0.456 e. The van der Waals surface area contributed by atoms with E-state index in [0.29, 0.717) is 36.8 Å². The molecule has 29 heavy (non-hydrogen) atoms. The van der Waals surface area contributed by atoms with Gasteiger partial charge in [-0.1, -0.05) is 31.7 Å². The third kappa shape index (κ3) is 6.56. The van der Waals surface area contributed by atoms with Crippen LogP contribution in [0.5, 0.6) is 0 Å². The predicted molar refractivity (Wildman–Crippen MR) is 109 cm³/mol. The van der Waals surface area contributed by atoms with Crippen LogP contribution in [-0.4, -0.2) is 39.3 Å². The Labute approximate surface area is 171 Å². The van der Waals surface area contributed by atoms with E-state index in [9.17, 15) is 18.0 Å². The molecule has 0 atom stereocenters. The number of anilines is 1. The van der Waals surface area contributed by atoms with Gasteiger partial charge in [0.25, 0.3) is 15.9 Å². The number of esters is 1. The first-order chi connectivity index (χ1) is 13.9. The SMILES string of the molecule is O=C(COC(=O)CCC1CCCC1)Nc1cccc(S(=O)(=O)NC2=NCCC2)c1. The van der Waals surface area contributed by atoms with Crippen molar-refractivity contribution in [1.29, 1.82) is 0 Å². The van der Waals surface area contributed by atoms with Crippen molar-refractivity contribution in [3.8, 4) is 0 Å². The number of rotatable bonds is 8. The topological polar surface area (TPSA) is 114 Å². The van der Waals surface area contributed by atoms with E-state index in [0.717, 1.165) is 25.7 Å². The van der Waals surface area contributed by atoms with Crippen molar-refractivity contribution < 1.29 is 22.7 Å². The van der Waals surface area contributed by atoms with Gasteiger partial charge in [0.1, 0.15) is 5.84 Å². The Kier molecular flexibility index (Phi) is 7.24. The number of sulfonamides is 1. The smallest absolute Gasteiger partial charge is 0.306 e. The van der Waals surface area contributed by atoms with Crippen molar-refractivity contribution in [2.45, 2.75) is 56.3 Å². The highest BCUT2D eigenvalue weighted by molar-refractivity contribution is 7.90. The zero-order valence-electron chi connectivity index (χ0n) is 16.4. The molecule has 2 N–H and O–H groups in total. The number of carbonyl (C=O) groups excluding carboxylic acids is 2. The molecule has 1 aliphatic carbocycles. The zero-order chi connectivity index (χ0) is 20.7. The molecule has 9 heteroatoms. The van der Waals surface area contributed by atoms with Gasteiger partial charge >= 0.3 is 5.97 Å². The second kappa shape index (κ2) is 9.87. The first-order valence-electron chi connectivity index (χ1n) is 10.0. The molecule has 0 unspecified atom stereocenters. The molecular formula is C20H27N3O5S. The number of hydrogen-bond acceptors (Lipinski definition) is 6. The minimum atomic E-state index is -3.76. The molecule has 1 aliphatic heterocycles. The van der Waals surface area contributed by atoms with Gasteiger partial charge in [-0.3, -0.25) is 19.3 Å². The number of aliphatic imine (C=N–C) groups is 1. The fraction of sp³-hybridized carbons (Fsp3) is 0.550. The Morgan fingerprint density at radius 1 is 1.17 bits per heavy atom. The lowest BCUT2D eigenvalue weighted by atomic mass is 10.0. The zero-order valence-corrected chi connectivity index (χ0v) is 17.2. The number of nitrogens with zero attached hydrogens (tertiary/aromatic N) is 1. The van der Waals surface area contributed by atoms with Gasteiger partial charge in [-0.05, 0) is 37.0 Å². The molecule has 8 nitrogen and oxygen atoms in total. The highest BCUT2D eigenvalue weighted by atomic mass is 32.2. The summed E-state index contributed by atoms with van der Waals surface area (Å²) in [5.41, 5.74) is 0.313. The fourth-order valence-corrected chi connectivity index (χ4v) is 4.75. The van der Waals surface area contributed by atoms with Crippen molar-refractivity contribution in [2.24, 2.45) is 10.9 Å². The Morgan fingerprint density at radius 3 is 2.69 bits per heavy atom. The van der Waals surface area contributed by atoms with Gasteiger partial charge in [0.05, 0.1) is 4.90 Å². The maximum atomic E-state index is 12.4. The summed E-state index contributed by atoms with van der Waals surface area (Å²) in [5.74, 6) is 0.139. The number of carbonyl (C=O) groups is 2. The Balaban J connectivity index is 1.47. The van der Waals surface area contributed by atoms with E-state index in [1.165, 1.54) is 31.0 Å². The summed E-state index contributed by atoms with van der Waals surface area (Å²) in [5, 5.41) is 2.56. The molecule has 158 valence electrons. The predicted octanol–water partition coefficient (Wildman–Crippen LogP) is 2.61. The molecule has 0 bridgehead atoms. The van der Waals surface area contributed by atoms with Crippen LogP contribution in [0.25, 0.3) is 0 Å². The number of nitrogens with one attached hydrogen (secondary N) is 2. The van der Waals surface area contributed by atoms with E-state index < -0.39 is 22.5 Å². The monoisotopic (exact) mass is 421 g/mol. The van der Waals surface area contributed by atoms with Crippen LogP contribution in [0.1, 0.15) is 51.4 Å². The maximum absolute atomic E-state index is 12.4. The summed E-state index contributed by atoms with van der Waals surface area (Å²) in [6, 6.07) is 5.91. The van der Waals surface area contributed by atoms with Crippen molar-refractivity contribution in [3.63, 3.8) is 0 Å². The molecule has 0 radical (unpaired) electrons. The summed E-state index contributed by atoms with van der Waals surface area (Å²) in [4.78, 5) is 28.0. The number of amides is 1. The molecule has 3 rings (SSSR count). The van der Waals surface area contributed by atoms with Crippen molar-refractivity contribution in [2.75, 3.05) is 18.5 Å². The van der Waals surface area contributed by atoms with Gasteiger partial charge in [-0.15, -0.1) is 0 Å². The third-order valence-electron chi connectivity index (χ3n) is 5.15. The standard InChI is InChI=1S/C20H27N3O5S/c24-19(14-28-20(25)11-10-15-5-1-2-6-15)22-16-7-3-8-17(13-16)29(26,27)23-18-9-4-12-21-18/h3,7-8,13,15H,1-2,4-6,9-12,14H2,(H,21,23)(H,22,24). The van der Waals surface area contributed by atoms with Crippen LogP contribution in [0.4, 0.5) is 5.69 Å². The van der Waals surface area contributed by atoms with Gasteiger partial charge in [-0.25, -0.2) is 8.42 Å². The second-order valence-electron chi connectivity index (χ2n) is 7.46. The molecule has 0 spiro atoms. The number of benzene rings is 1. The molecule has 1 aromatic carbocycles. The van der Waals surface area contributed by atoms with Crippen molar-refractivity contribution in [1.82, 2.24) is 4.72 Å². The summed E-state index contributed by atoms with van der Waals surface area (Å²) >= 11 is 0. The van der Waals surface area contributed by atoms with Gasteiger partial charge in [-0.2, -0.15) is 0 Å². The number of hydrogen-bond donors (Lipinski definition) is 2. The molecule has 1 heterocycles. The Hall–Kier alpha value is -2.42. The lowest BCUT2D eigenvalue weighted by molar-refractivity contribution is -0.147. The molecular weight excluding hydrogens is 394 g/mol. The lowest BCUT2D eigenvalue weighted by Gasteiger charge is -2.11. The second-order valence-corrected chi connectivity index (χ2v) is 9.15. The van der Waals surface area contributed by atoms with Gasteiger partial charge in [0.15, 0.2) is 6.61 Å². The van der Waals surface area contributed by atoms with Crippen LogP contribution < -0.4 is 10.0 Å². The van der Waals surface area contributed by atoms with Crippen LogP contribution in [-0.2, 0) is 24.3 Å². The molecule has 1 saturated carbocycles. The third-order valence-corrected chi connectivity index (χ3v) is 6.53. The quantitative estimate of drug-likeness (QED) is 0.626. The Bertz CT molecular complexity index is 876.